The van der Waals surface area contributed by atoms with Crippen molar-refractivity contribution < 1.29 is 0 Å². The molecule has 0 atom stereocenters. The van der Waals surface area contributed by atoms with Gasteiger partial charge in [0.25, 0.3) is 0 Å². The molecule has 0 aliphatic rings. The standard InChI is InChI=1S/C8H12B2S/c1-9-10(2)11-8-6-4-3-5-7-8/h3-7,9H,1-2H3. The number of hydrogen-bond donors (Lipinski definition) is 0. The lowest BCUT2D eigenvalue weighted by Crippen LogP contribution is -2.08. The first kappa shape index (κ1) is 8.79. The van der Waals surface area contributed by atoms with Crippen LogP contribution >= 0.6 is 11.6 Å². The minimum absolute atomic E-state index is 0.734. The molecule has 11 heavy (non-hydrogen) atoms. The van der Waals surface area contributed by atoms with Crippen molar-refractivity contribution in [2.45, 2.75) is 18.5 Å². The largest absolute Gasteiger partial charge is 0.186 e. The molecule has 0 N–H and O–H groups in total. The van der Waals surface area contributed by atoms with E-state index in [9.17, 15) is 0 Å². The Morgan fingerprint density at radius 2 is 1.91 bits per heavy atom. The molecular weight excluding hydrogens is 150 g/mol. The highest BCUT2D eigenvalue weighted by Crippen LogP contribution is 2.19. The fourth-order valence-corrected chi connectivity index (χ4v) is 1.76. The monoisotopic (exact) mass is 162 g/mol. The molecule has 0 bridgehead atoms. The summed E-state index contributed by atoms with van der Waals surface area (Å²) in [7, 11) is 1.24. The predicted octanol–water partition coefficient (Wildman–Crippen LogP) is 2.38. The highest BCUT2D eigenvalue weighted by molar-refractivity contribution is 8.30. The summed E-state index contributed by atoms with van der Waals surface area (Å²) in [5, 5.41) is 0. The lowest BCUT2D eigenvalue weighted by atomic mass is 9.41. The Hall–Kier alpha value is -0.300. The van der Waals surface area contributed by atoms with Crippen molar-refractivity contribution in [1.29, 1.82) is 0 Å². The molecule has 0 radical (unpaired) electrons. The van der Waals surface area contributed by atoms with Crippen LogP contribution in [0.15, 0.2) is 35.2 Å². The third kappa shape index (κ3) is 3.06. The van der Waals surface area contributed by atoms with Crippen LogP contribution in [0.2, 0.25) is 13.6 Å². The first-order valence-corrected chi connectivity index (χ1v) is 4.92. The Morgan fingerprint density at radius 1 is 1.27 bits per heavy atom. The van der Waals surface area contributed by atoms with E-state index in [1.165, 1.54) is 12.1 Å². The molecule has 0 saturated carbocycles. The van der Waals surface area contributed by atoms with E-state index in [0.717, 1.165) is 5.88 Å². The molecule has 0 aliphatic carbocycles. The Morgan fingerprint density at radius 3 is 2.45 bits per heavy atom. The summed E-state index contributed by atoms with van der Waals surface area (Å²) < 4.78 is 0. The molecule has 3 heteroatoms. The van der Waals surface area contributed by atoms with Crippen LogP contribution in [0.3, 0.4) is 0 Å². The molecule has 0 unspecified atom stereocenters. The molecule has 0 spiro atoms. The van der Waals surface area contributed by atoms with E-state index in [-0.39, 0.29) is 0 Å². The normalized spacial score (nSPS) is 9.27. The number of rotatable bonds is 3. The summed E-state index contributed by atoms with van der Waals surface area (Å²) >= 11 is 1.94. The molecule has 0 amide bonds. The Kier molecular flexibility index (Phi) is 3.64. The quantitative estimate of drug-likeness (QED) is 0.614. The lowest BCUT2D eigenvalue weighted by molar-refractivity contribution is 1.48. The molecule has 0 nitrogen and oxygen atoms in total. The summed E-state index contributed by atoms with van der Waals surface area (Å²) in [6.45, 7) is 4.48. The van der Waals surface area contributed by atoms with Crippen LogP contribution in [0.1, 0.15) is 0 Å². The summed E-state index contributed by atoms with van der Waals surface area (Å²) in [4.78, 5) is 1.38. The molecule has 56 valence electrons. The average Bonchev–Trinajstić information content (AvgIpc) is 2.06. The molecule has 0 heterocycles. The van der Waals surface area contributed by atoms with Gasteiger partial charge in [0.2, 0.25) is 0 Å². The van der Waals surface area contributed by atoms with Crippen LogP contribution in [0.5, 0.6) is 0 Å². The van der Waals surface area contributed by atoms with Gasteiger partial charge in [-0.15, -0.1) is 0 Å². The molecule has 1 aromatic rings. The van der Waals surface area contributed by atoms with E-state index in [1.807, 2.05) is 11.6 Å². The first-order chi connectivity index (χ1) is 5.33. The van der Waals surface area contributed by atoms with Gasteiger partial charge in [0.1, 0.15) is 7.17 Å². The Bertz CT molecular complexity index is 201. The summed E-state index contributed by atoms with van der Waals surface area (Å²) in [6, 6.07) is 10.6. The van der Waals surface area contributed by atoms with Crippen molar-refractivity contribution in [3.8, 4) is 0 Å². The van der Waals surface area contributed by atoms with Gasteiger partial charge in [0, 0.05) is 0 Å². The van der Waals surface area contributed by atoms with E-state index in [4.69, 9.17) is 0 Å². The van der Waals surface area contributed by atoms with Crippen LogP contribution in [0, 0.1) is 0 Å². The van der Waals surface area contributed by atoms with Gasteiger partial charge in [-0.2, -0.15) is 11.6 Å². The van der Waals surface area contributed by atoms with Crippen molar-refractivity contribution in [3.63, 3.8) is 0 Å². The van der Waals surface area contributed by atoms with Crippen LogP contribution in [0.25, 0.3) is 0 Å². The van der Waals surface area contributed by atoms with Crippen LogP contribution in [-0.4, -0.2) is 13.1 Å². The molecular formula is C8H12B2S. The lowest BCUT2D eigenvalue weighted by Gasteiger charge is -2.03. The van der Waals surface area contributed by atoms with Crippen LogP contribution in [-0.2, 0) is 0 Å². The van der Waals surface area contributed by atoms with Gasteiger partial charge in [-0.25, -0.2) is 0 Å². The SMILES string of the molecule is CBB(C)Sc1ccccc1. The maximum atomic E-state index is 2.26. The Labute approximate surface area is 74.0 Å². The van der Waals surface area contributed by atoms with E-state index in [2.05, 4.69) is 44.0 Å². The predicted molar refractivity (Wildman–Crippen MR) is 56.9 cm³/mol. The van der Waals surface area contributed by atoms with Gasteiger partial charge < -0.3 is 0 Å². The number of hydrogen-bond acceptors (Lipinski definition) is 1. The van der Waals surface area contributed by atoms with Crippen molar-refractivity contribution in [2.75, 3.05) is 0 Å². The van der Waals surface area contributed by atoms with Crippen LogP contribution in [0.4, 0.5) is 0 Å². The number of benzene rings is 1. The smallest absolute Gasteiger partial charge is 0.176 e. The molecule has 0 saturated heterocycles. The van der Waals surface area contributed by atoms with Gasteiger partial charge in [-0.05, 0) is 17.0 Å². The van der Waals surface area contributed by atoms with Crippen molar-refractivity contribution in [1.82, 2.24) is 0 Å². The molecule has 1 aromatic carbocycles. The van der Waals surface area contributed by atoms with E-state index < -0.39 is 0 Å². The van der Waals surface area contributed by atoms with Crippen molar-refractivity contribution >= 4 is 24.7 Å². The Balaban J connectivity index is 2.51. The zero-order valence-electron chi connectivity index (χ0n) is 7.08. The second-order valence-electron chi connectivity index (χ2n) is 2.65. The molecule has 1 rings (SSSR count). The van der Waals surface area contributed by atoms with Gasteiger partial charge in [0.05, 0.1) is 0 Å². The minimum Gasteiger partial charge on any atom is -0.186 e. The fraction of sp³-hybridized carbons (Fsp3) is 0.250. The highest BCUT2D eigenvalue weighted by Gasteiger charge is 2.04. The zero-order chi connectivity index (χ0) is 8.10. The zero-order valence-corrected chi connectivity index (χ0v) is 7.90. The van der Waals surface area contributed by atoms with Crippen LogP contribution < -0.4 is 0 Å². The highest BCUT2D eigenvalue weighted by atomic mass is 32.2. The third-order valence-electron chi connectivity index (χ3n) is 1.66. The van der Waals surface area contributed by atoms with Gasteiger partial charge >= 0.3 is 0 Å². The molecule has 0 aliphatic heterocycles. The summed E-state index contributed by atoms with van der Waals surface area (Å²) in [5.74, 6) is 0.734. The third-order valence-corrected chi connectivity index (χ3v) is 2.94. The van der Waals surface area contributed by atoms with E-state index >= 15 is 0 Å². The maximum absolute atomic E-state index is 2.26. The van der Waals surface area contributed by atoms with Gasteiger partial charge in [-0.1, -0.05) is 31.8 Å². The van der Waals surface area contributed by atoms with Gasteiger partial charge in [0.15, 0.2) is 5.88 Å². The average molecular weight is 162 g/mol. The van der Waals surface area contributed by atoms with E-state index in [1.54, 1.807) is 0 Å². The summed E-state index contributed by atoms with van der Waals surface area (Å²) in [5.41, 5.74) is 0. The topological polar surface area (TPSA) is 0 Å². The second kappa shape index (κ2) is 4.55. The van der Waals surface area contributed by atoms with Crippen molar-refractivity contribution in [2.24, 2.45) is 0 Å². The van der Waals surface area contributed by atoms with Crippen molar-refractivity contribution in [3.05, 3.63) is 30.3 Å². The molecule has 0 fully saturated rings. The molecule has 0 aromatic heterocycles. The fourth-order valence-electron chi connectivity index (χ4n) is 0.815. The van der Waals surface area contributed by atoms with Gasteiger partial charge in [-0.3, -0.25) is 0 Å². The minimum atomic E-state index is 0.734. The van der Waals surface area contributed by atoms with E-state index in [0.29, 0.717) is 0 Å². The first-order valence-electron chi connectivity index (χ1n) is 4.04. The second-order valence-corrected chi connectivity index (χ2v) is 4.16. The maximum Gasteiger partial charge on any atom is 0.176 e. The summed E-state index contributed by atoms with van der Waals surface area (Å²) in [6.07, 6.45) is 0.